The number of nitrogens with one attached hydrogen (secondary N) is 1. The van der Waals surface area contributed by atoms with Gasteiger partial charge in [0, 0.05) is 11.3 Å². The van der Waals surface area contributed by atoms with Gasteiger partial charge in [0.1, 0.15) is 0 Å². The average molecular weight is 153 g/mol. The van der Waals surface area contributed by atoms with E-state index in [0.717, 1.165) is 19.3 Å². The van der Waals surface area contributed by atoms with E-state index in [9.17, 15) is 9.59 Å². The van der Waals surface area contributed by atoms with Crippen LogP contribution >= 0.6 is 0 Å². The first kappa shape index (κ1) is 6.83. The molecule has 2 atom stereocenters. The highest BCUT2D eigenvalue weighted by Crippen LogP contribution is 2.44. The summed E-state index contributed by atoms with van der Waals surface area (Å²) >= 11 is 0. The number of imide groups is 1. The fourth-order valence-electron chi connectivity index (χ4n) is 2.04. The van der Waals surface area contributed by atoms with Crippen LogP contribution in [0.3, 0.4) is 0 Å². The van der Waals surface area contributed by atoms with Crippen molar-refractivity contribution in [1.29, 1.82) is 0 Å². The third kappa shape index (κ3) is 0.800. The van der Waals surface area contributed by atoms with Crippen LogP contribution < -0.4 is 5.32 Å². The van der Waals surface area contributed by atoms with Gasteiger partial charge in [0.2, 0.25) is 11.8 Å². The van der Waals surface area contributed by atoms with Crippen molar-refractivity contribution in [3.63, 3.8) is 0 Å². The van der Waals surface area contributed by atoms with E-state index in [1.807, 2.05) is 6.92 Å². The fraction of sp³-hybridized carbons (Fsp3) is 0.750. The van der Waals surface area contributed by atoms with E-state index in [-0.39, 0.29) is 23.1 Å². The van der Waals surface area contributed by atoms with E-state index in [1.54, 1.807) is 0 Å². The van der Waals surface area contributed by atoms with Crippen molar-refractivity contribution in [2.24, 2.45) is 11.3 Å². The van der Waals surface area contributed by atoms with Gasteiger partial charge >= 0.3 is 0 Å². The first-order valence-corrected chi connectivity index (χ1v) is 3.97. The van der Waals surface area contributed by atoms with Gasteiger partial charge in [-0.3, -0.25) is 14.9 Å². The highest BCUT2D eigenvalue weighted by Gasteiger charge is 2.48. The number of carbonyl (C=O) groups excluding carboxylic acids is 2. The second-order valence-electron chi connectivity index (χ2n) is 3.82. The van der Waals surface area contributed by atoms with Crippen molar-refractivity contribution in [1.82, 2.24) is 5.32 Å². The predicted octanol–water partition coefficient (Wildman–Crippen LogP) is 0.449. The fourth-order valence-corrected chi connectivity index (χ4v) is 2.04. The maximum absolute atomic E-state index is 11.3. The molecule has 60 valence electrons. The van der Waals surface area contributed by atoms with Gasteiger partial charge in [-0.2, -0.15) is 0 Å². The zero-order chi connectivity index (χ0) is 8.06. The summed E-state index contributed by atoms with van der Waals surface area (Å²) in [5, 5.41) is 2.40. The molecule has 2 bridgehead atoms. The Morgan fingerprint density at radius 3 is 3.00 bits per heavy atom. The monoisotopic (exact) mass is 153 g/mol. The van der Waals surface area contributed by atoms with E-state index in [1.165, 1.54) is 0 Å². The Labute approximate surface area is 65.2 Å². The molecule has 0 spiro atoms. The molecular weight excluding hydrogens is 142 g/mol. The molecule has 2 fully saturated rings. The Hall–Kier alpha value is -0.860. The number of rotatable bonds is 0. The van der Waals surface area contributed by atoms with Crippen LogP contribution in [0.15, 0.2) is 0 Å². The Balaban J connectivity index is 2.32. The third-order valence-electron chi connectivity index (χ3n) is 2.90. The van der Waals surface area contributed by atoms with Crippen LogP contribution in [0.1, 0.15) is 26.2 Å². The number of piperidine rings is 1. The molecule has 11 heavy (non-hydrogen) atoms. The van der Waals surface area contributed by atoms with Gasteiger partial charge in [-0.05, 0) is 19.3 Å². The van der Waals surface area contributed by atoms with Crippen LogP contribution in [0.25, 0.3) is 0 Å². The Bertz CT molecular complexity index is 236. The summed E-state index contributed by atoms with van der Waals surface area (Å²) in [5.41, 5.74) is -0.238. The second kappa shape index (κ2) is 1.84. The summed E-state index contributed by atoms with van der Waals surface area (Å²) in [6.07, 6.45) is 2.51. The van der Waals surface area contributed by atoms with Crippen molar-refractivity contribution < 1.29 is 9.59 Å². The third-order valence-corrected chi connectivity index (χ3v) is 2.90. The molecule has 3 heteroatoms. The molecule has 2 unspecified atom stereocenters. The smallest absolute Gasteiger partial charge is 0.232 e. The SMILES string of the molecule is CC12CCC(C1)C(=O)NC2=O. The van der Waals surface area contributed by atoms with Crippen LogP contribution in [0, 0.1) is 11.3 Å². The summed E-state index contributed by atoms with van der Waals surface area (Å²) in [4.78, 5) is 22.3. The largest absolute Gasteiger partial charge is 0.296 e. The van der Waals surface area contributed by atoms with Gasteiger partial charge in [-0.25, -0.2) is 0 Å². The number of fused-ring (bicyclic) bond motifs is 2. The van der Waals surface area contributed by atoms with E-state index in [4.69, 9.17) is 0 Å². The molecule has 2 amide bonds. The molecule has 0 radical (unpaired) electrons. The van der Waals surface area contributed by atoms with Gasteiger partial charge in [0.05, 0.1) is 0 Å². The standard InChI is InChI=1S/C8H11NO2/c1-8-3-2-5(4-8)6(10)9-7(8)11/h5H,2-4H2,1H3,(H,9,10,11). The van der Waals surface area contributed by atoms with Crippen LogP contribution in [0.2, 0.25) is 0 Å². The zero-order valence-corrected chi connectivity index (χ0v) is 6.52. The van der Waals surface area contributed by atoms with Gasteiger partial charge in [0.15, 0.2) is 0 Å². The van der Waals surface area contributed by atoms with Gasteiger partial charge < -0.3 is 0 Å². The molecule has 0 aromatic carbocycles. The predicted molar refractivity (Wildman–Crippen MR) is 38.6 cm³/mol. The normalized spacial score (nSPS) is 42.5. The average Bonchev–Trinajstić information content (AvgIpc) is 2.28. The van der Waals surface area contributed by atoms with Crippen LogP contribution in [0.5, 0.6) is 0 Å². The van der Waals surface area contributed by atoms with Crippen molar-refractivity contribution in [2.45, 2.75) is 26.2 Å². The van der Waals surface area contributed by atoms with E-state index >= 15 is 0 Å². The van der Waals surface area contributed by atoms with Gasteiger partial charge in [-0.1, -0.05) is 6.92 Å². The van der Waals surface area contributed by atoms with Crippen molar-refractivity contribution >= 4 is 11.8 Å². The lowest BCUT2D eigenvalue weighted by molar-refractivity contribution is -0.141. The minimum Gasteiger partial charge on any atom is -0.296 e. The van der Waals surface area contributed by atoms with Crippen LogP contribution in [-0.4, -0.2) is 11.8 Å². The first-order chi connectivity index (χ1) is 5.12. The maximum atomic E-state index is 11.3. The lowest BCUT2D eigenvalue weighted by Gasteiger charge is -2.26. The van der Waals surface area contributed by atoms with Crippen molar-refractivity contribution in [2.75, 3.05) is 0 Å². The molecule has 1 aliphatic carbocycles. The summed E-state index contributed by atoms with van der Waals surface area (Å²) in [5.74, 6) is -0.0288. The number of hydrogen-bond donors (Lipinski definition) is 1. The number of hydrogen-bond acceptors (Lipinski definition) is 2. The minimum atomic E-state index is -0.238. The molecule has 1 aliphatic heterocycles. The topological polar surface area (TPSA) is 46.2 Å². The molecule has 2 rings (SSSR count). The van der Waals surface area contributed by atoms with E-state index in [0.29, 0.717) is 0 Å². The summed E-state index contributed by atoms with van der Waals surface area (Å²) < 4.78 is 0. The molecule has 1 N–H and O–H groups in total. The van der Waals surface area contributed by atoms with Crippen LogP contribution in [0.4, 0.5) is 0 Å². The summed E-state index contributed by atoms with van der Waals surface area (Å²) in [6.45, 7) is 1.94. The number of amides is 2. The molecule has 1 saturated heterocycles. The molecule has 0 aromatic heterocycles. The van der Waals surface area contributed by atoms with Crippen LogP contribution in [-0.2, 0) is 9.59 Å². The summed E-state index contributed by atoms with van der Waals surface area (Å²) in [7, 11) is 0. The van der Waals surface area contributed by atoms with Crippen molar-refractivity contribution in [3.8, 4) is 0 Å². The molecule has 3 nitrogen and oxygen atoms in total. The Morgan fingerprint density at radius 2 is 2.27 bits per heavy atom. The molecular formula is C8H11NO2. The van der Waals surface area contributed by atoms with Crippen molar-refractivity contribution in [3.05, 3.63) is 0 Å². The Kier molecular flexibility index (Phi) is 1.14. The molecule has 2 aliphatic rings. The molecule has 1 heterocycles. The van der Waals surface area contributed by atoms with E-state index in [2.05, 4.69) is 5.32 Å². The quantitative estimate of drug-likeness (QED) is 0.513. The lowest BCUT2D eigenvalue weighted by atomic mass is 9.84. The molecule has 1 saturated carbocycles. The van der Waals surface area contributed by atoms with Gasteiger partial charge in [-0.15, -0.1) is 0 Å². The highest BCUT2D eigenvalue weighted by molar-refractivity contribution is 6.02. The minimum absolute atomic E-state index is 0.0648. The maximum Gasteiger partial charge on any atom is 0.232 e. The summed E-state index contributed by atoms with van der Waals surface area (Å²) in [6, 6.07) is 0. The highest BCUT2D eigenvalue weighted by atomic mass is 16.2. The lowest BCUT2D eigenvalue weighted by Crippen LogP contribution is -2.47. The van der Waals surface area contributed by atoms with E-state index < -0.39 is 0 Å². The Morgan fingerprint density at radius 1 is 1.55 bits per heavy atom. The zero-order valence-electron chi connectivity index (χ0n) is 6.52. The second-order valence-corrected chi connectivity index (χ2v) is 3.82. The number of carbonyl (C=O) groups is 2. The first-order valence-electron chi connectivity index (χ1n) is 3.97. The molecule has 0 aromatic rings. The van der Waals surface area contributed by atoms with Gasteiger partial charge in [0.25, 0.3) is 0 Å².